The van der Waals surface area contributed by atoms with Crippen LogP contribution in [0.25, 0.3) is 0 Å². The zero-order valence-corrected chi connectivity index (χ0v) is 10.3. The molecule has 86 valence electrons. The fourth-order valence-electron chi connectivity index (χ4n) is 1.35. The third-order valence-corrected chi connectivity index (χ3v) is 2.22. The lowest BCUT2D eigenvalue weighted by atomic mass is 10.1. The summed E-state index contributed by atoms with van der Waals surface area (Å²) < 4.78 is 5.26. The number of nitriles is 1. The molecule has 0 heterocycles. The molecule has 3 heteroatoms. The van der Waals surface area contributed by atoms with E-state index < -0.39 is 0 Å². The molecule has 0 amide bonds. The number of ether oxygens (including phenoxy) is 1. The van der Waals surface area contributed by atoms with Gasteiger partial charge < -0.3 is 10.1 Å². The van der Waals surface area contributed by atoms with Crippen LogP contribution in [0.4, 0.5) is 0 Å². The van der Waals surface area contributed by atoms with Gasteiger partial charge in [0.25, 0.3) is 0 Å². The third kappa shape index (κ3) is 3.56. The molecule has 0 saturated carbocycles. The standard InChI is InChI=1S/C13H18N2O/c1-13(2,3)15-9-11-7-10(8-14)5-6-12(11)16-4/h5-7,15H,9H2,1-4H3. The molecule has 1 aromatic carbocycles. The maximum atomic E-state index is 8.84. The summed E-state index contributed by atoms with van der Waals surface area (Å²) in [7, 11) is 1.64. The molecule has 1 aromatic rings. The Kier molecular flexibility index (Phi) is 3.92. The molecule has 0 unspecified atom stereocenters. The van der Waals surface area contributed by atoms with Crippen molar-refractivity contribution in [2.75, 3.05) is 7.11 Å². The molecule has 1 rings (SSSR count). The van der Waals surface area contributed by atoms with Crippen LogP contribution in [0.5, 0.6) is 5.75 Å². The fourth-order valence-corrected chi connectivity index (χ4v) is 1.35. The lowest BCUT2D eigenvalue weighted by Crippen LogP contribution is -2.35. The summed E-state index contributed by atoms with van der Waals surface area (Å²) in [4.78, 5) is 0. The Balaban J connectivity index is 2.88. The first-order valence-electron chi connectivity index (χ1n) is 5.28. The van der Waals surface area contributed by atoms with Gasteiger partial charge >= 0.3 is 0 Å². The maximum Gasteiger partial charge on any atom is 0.123 e. The second-order valence-electron chi connectivity index (χ2n) is 4.74. The van der Waals surface area contributed by atoms with E-state index in [-0.39, 0.29) is 5.54 Å². The van der Waals surface area contributed by atoms with Crippen LogP contribution in [-0.2, 0) is 6.54 Å². The molecule has 0 aliphatic carbocycles. The minimum Gasteiger partial charge on any atom is -0.496 e. The first-order valence-corrected chi connectivity index (χ1v) is 5.28. The number of methoxy groups -OCH3 is 1. The summed E-state index contributed by atoms with van der Waals surface area (Å²) >= 11 is 0. The Morgan fingerprint density at radius 2 is 2.06 bits per heavy atom. The number of rotatable bonds is 3. The van der Waals surface area contributed by atoms with Gasteiger partial charge in [-0.05, 0) is 39.0 Å². The molecule has 0 aliphatic rings. The molecule has 0 radical (unpaired) electrons. The molecule has 1 N–H and O–H groups in total. The van der Waals surface area contributed by atoms with Crippen LogP contribution in [0.1, 0.15) is 31.9 Å². The molecule has 0 saturated heterocycles. The Morgan fingerprint density at radius 1 is 1.38 bits per heavy atom. The number of hydrogen-bond acceptors (Lipinski definition) is 3. The molecule has 0 fully saturated rings. The summed E-state index contributed by atoms with van der Waals surface area (Å²) in [6.45, 7) is 7.01. The van der Waals surface area contributed by atoms with Gasteiger partial charge in [-0.15, -0.1) is 0 Å². The van der Waals surface area contributed by atoms with Crippen LogP contribution < -0.4 is 10.1 Å². The largest absolute Gasteiger partial charge is 0.496 e. The van der Waals surface area contributed by atoms with Crippen molar-refractivity contribution in [2.45, 2.75) is 32.9 Å². The highest BCUT2D eigenvalue weighted by molar-refractivity contribution is 5.42. The van der Waals surface area contributed by atoms with E-state index >= 15 is 0 Å². The molecule has 0 aromatic heterocycles. The van der Waals surface area contributed by atoms with Crippen LogP contribution in [0.15, 0.2) is 18.2 Å². The van der Waals surface area contributed by atoms with E-state index in [1.165, 1.54) is 0 Å². The monoisotopic (exact) mass is 218 g/mol. The van der Waals surface area contributed by atoms with E-state index in [4.69, 9.17) is 10.00 Å². The number of benzene rings is 1. The van der Waals surface area contributed by atoms with Crippen molar-refractivity contribution in [3.05, 3.63) is 29.3 Å². The van der Waals surface area contributed by atoms with Crippen molar-refractivity contribution >= 4 is 0 Å². The van der Waals surface area contributed by atoms with Crippen molar-refractivity contribution in [1.82, 2.24) is 5.32 Å². The van der Waals surface area contributed by atoms with E-state index in [2.05, 4.69) is 32.2 Å². The zero-order chi connectivity index (χ0) is 12.2. The molecule has 16 heavy (non-hydrogen) atoms. The van der Waals surface area contributed by atoms with Crippen LogP contribution >= 0.6 is 0 Å². The van der Waals surface area contributed by atoms with Gasteiger partial charge in [0, 0.05) is 17.6 Å². The fraction of sp³-hybridized carbons (Fsp3) is 0.462. The number of hydrogen-bond donors (Lipinski definition) is 1. The third-order valence-electron chi connectivity index (χ3n) is 2.22. The van der Waals surface area contributed by atoms with Crippen molar-refractivity contribution in [3.8, 4) is 11.8 Å². The average molecular weight is 218 g/mol. The minimum absolute atomic E-state index is 0.0493. The normalized spacial score (nSPS) is 10.9. The maximum absolute atomic E-state index is 8.84. The second-order valence-corrected chi connectivity index (χ2v) is 4.74. The van der Waals surface area contributed by atoms with Crippen molar-refractivity contribution < 1.29 is 4.74 Å². The topological polar surface area (TPSA) is 45.0 Å². The Bertz CT molecular complexity index is 399. The average Bonchev–Trinajstić information content (AvgIpc) is 2.25. The number of nitrogens with zero attached hydrogens (tertiary/aromatic N) is 1. The van der Waals surface area contributed by atoms with Gasteiger partial charge in [0.15, 0.2) is 0 Å². The van der Waals surface area contributed by atoms with Crippen LogP contribution in [-0.4, -0.2) is 12.6 Å². The van der Waals surface area contributed by atoms with E-state index in [1.54, 1.807) is 13.2 Å². The quantitative estimate of drug-likeness (QED) is 0.847. The predicted octanol–water partition coefficient (Wildman–Crippen LogP) is 2.45. The van der Waals surface area contributed by atoms with E-state index in [0.29, 0.717) is 12.1 Å². The Hall–Kier alpha value is -1.53. The first-order chi connectivity index (χ1) is 7.46. The van der Waals surface area contributed by atoms with Crippen LogP contribution in [0.2, 0.25) is 0 Å². The smallest absolute Gasteiger partial charge is 0.123 e. The van der Waals surface area contributed by atoms with Gasteiger partial charge in [0.1, 0.15) is 5.75 Å². The van der Waals surface area contributed by atoms with Gasteiger partial charge in [0.2, 0.25) is 0 Å². The zero-order valence-electron chi connectivity index (χ0n) is 10.3. The predicted molar refractivity (Wildman–Crippen MR) is 64.3 cm³/mol. The summed E-state index contributed by atoms with van der Waals surface area (Å²) in [5.74, 6) is 0.816. The summed E-state index contributed by atoms with van der Waals surface area (Å²) in [5.41, 5.74) is 1.72. The second kappa shape index (κ2) is 5.00. The Labute approximate surface area is 97.0 Å². The molecule has 3 nitrogen and oxygen atoms in total. The molecule has 0 atom stereocenters. The lowest BCUT2D eigenvalue weighted by Gasteiger charge is -2.21. The minimum atomic E-state index is 0.0493. The molecule has 0 spiro atoms. The highest BCUT2D eigenvalue weighted by Crippen LogP contribution is 2.20. The molecular formula is C13H18N2O. The highest BCUT2D eigenvalue weighted by atomic mass is 16.5. The van der Waals surface area contributed by atoms with Crippen LogP contribution in [0, 0.1) is 11.3 Å². The van der Waals surface area contributed by atoms with Crippen LogP contribution in [0.3, 0.4) is 0 Å². The van der Waals surface area contributed by atoms with E-state index in [9.17, 15) is 0 Å². The number of nitrogens with one attached hydrogen (secondary N) is 1. The SMILES string of the molecule is COc1ccc(C#N)cc1CNC(C)(C)C. The van der Waals surface area contributed by atoms with Crippen molar-refractivity contribution in [3.63, 3.8) is 0 Å². The first kappa shape index (κ1) is 12.5. The van der Waals surface area contributed by atoms with Crippen molar-refractivity contribution in [1.29, 1.82) is 5.26 Å². The van der Waals surface area contributed by atoms with E-state index in [0.717, 1.165) is 11.3 Å². The lowest BCUT2D eigenvalue weighted by molar-refractivity contribution is 0.392. The van der Waals surface area contributed by atoms with Gasteiger partial charge in [-0.1, -0.05) is 0 Å². The summed E-state index contributed by atoms with van der Waals surface area (Å²) in [6.07, 6.45) is 0. The highest BCUT2D eigenvalue weighted by Gasteiger charge is 2.11. The summed E-state index contributed by atoms with van der Waals surface area (Å²) in [6, 6.07) is 7.59. The van der Waals surface area contributed by atoms with Gasteiger partial charge in [-0.25, -0.2) is 0 Å². The van der Waals surface area contributed by atoms with Gasteiger partial charge in [-0.2, -0.15) is 5.26 Å². The van der Waals surface area contributed by atoms with Gasteiger partial charge in [0.05, 0.1) is 18.7 Å². The molecule has 0 bridgehead atoms. The van der Waals surface area contributed by atoms with Gasteiger partial charge in [-0.3, -0.25) is 0 Å². The summed E-state index contributed by atoms with van der Waals surface area (Å²) in [5, 5.41) is 12.2. The molecule has 0 aliphatic heterocycles. The van der Waals surface area contributed by atoms with Crippen molar-refractivity contribution in [2.24, 2.45) is 0 Å². The Morgan fingerprint density at radius 3 is 2.56 bits per heavy atom. The van der Waals surface area contributed by atoms with E-state index in [1.807, 2.05) is 12.1 Å². The molecular weight excluding hydrogens is 200 g/mol.